The summed E-state index contributed by atoms with van der Waals surface area (Å²) in [5, 5.41) is 17.2. The van der Waals surface area contributed by atoms with Gasteiger partial charge in [0.25, 0.3) is 5.91 Å². The maximum absolute atomic E-state index is 13.2. The summed E-state index contributed by atoms with van der Waals surface area (Å²) in [6.07, 6.45) is 12.0. The molecule has 2 saturated heterocycles. The first-order valence-corrected chi connectivity index (χ1v) is 14.3. The summed E-state index contributed by atoms with van der Waals surface area (Å²) in [7, 11) is 2.15. The second-order valence-corrected chi connectivity index (χ2v) is 11.3. The maximum atomic E-state index is 13.2. The smallest absolute Gasteiger partial charge is 0.276 e. The van der Waals surface area contributed by atoms with Gasteiger partial charge in [-0.1, -0.05) is 6.08 Å². The number of rotatable bonds is 7. The van der Waals surface area contributed by atoms with Crippen molar-refractivity contribution in [2.75, 3.05) is 51.6 Å². The third-order valence-corrected chi connectivity index (χ3v) is 8.24. The molecule has 2 aromatic heterocycles. The Labute approximate surface area is 235 Å². The monoisotopic (exact) mass is 542 g/mol. The predicted molar refractivity (Wildman–Crippen MR) is 155 cm³/mol. The third kappa shape index (κ3) is 6.31. The zero-order valence-corrected chi connectivity index (χ0v) is 23.1. The average molecular weight is 543 g/mol. The second-order valence-electron chi connectivity index (χ2n) is 11.3. The number of aromatic nitrogens is 2. The Morgan fingerprint density at radius 1 is 1.05 bits per heavy atom. The molecule has 6 rings (SSSR count). The largest absolute Gasteiger partial charge is 0.393 e. The second kappa shape index (κ2) is 12.0. The molecule has 2 aromatic rings. The van der Waals surface area contributed by atoms with E-state index in [-0.39, 0.29) is 18.1 Å². The molecule has 3 aliphatic heterocycles. The quantitative estimate of drug-likeness (QED) is 0.487. The number of hydrazone groups is 1. The lowest BCUT2D eigenvalue weighted by Crippen LogP contribution is -2.44. The first kappa shape index (κ1) is 26.8. The number of hydrogen-bond acceptors (Lipinski definition) is 9. The van der Waals surface area contributed by atoms with Crippen LogP contribution in [0.4, 0.5) is 5.69 Å². The molecule has 0 saturated carbocycles. The van der Waals surface area contributed by atoms with Crippen LogP contribution in [-0.4, -0.2) is 99.9 Å². The molecule has 1 atom stereocenters. The number of piperazine rings is 1. The van der Waals surface area contributed by atoms with Crippen LogP contribution in [0.3, 0.4) is 0 Å². The molecule has 1 amide bonds. The van der Waals surface area contributed by atoms with Crippen molar-refractivity contribution in [3.8, 4) is 0 Å². The maximum Gasteiger partial charge on any atom is 0.276 e. The van der Waals surface area contributed by atoms with Gasteiger partial charge in [-0.25, -0.2) is 0 Å². The number of likely N-dealkylation sites (N-methyl/N-ethyl adjacent to an activating group) is 1. The van der Waals surface area contributed by atoms with E-state index in [4.69, 9.17) is 0 Å². The molecule has 10 nitrogen and oxygen atoms in total. The van der Waals surface area contributed by atoms with Crippen molar-refractivity contribution in [3.05, 3.63) is 71.3 Å². The van der Waals surface area contributed by atoms with E-state index in [0.29, 0.717) is 11.4 Å². The Hall–Kier alpha value is -3.44. The molecule has 40 heavy (non-hydrogen) atoms. The Morgan fingerprint density at radius 2 is 1.85 bits per heavy atom. The molecular weight excluding hydrogens is 504 g/mol. The van der Waals surface area contributed by atoms with Crippen LogP contribution in [0.2, 0.25) is 0 Å². The van der Waals surface area contributed by atoms with Crippen LogP contribution in [0.25, 0.3) is 5.57 Å². The minimum Gasteiger partial charge on any atom is -0.393 e. The predicted octanol–water partition coefficient (Wildman–Crippen LogP) is 1.86. The highest BCUT2D eigenvalue weighted by Gasteiger charge is 2.31. The summed E-state index contributed by atoms with van der Waals surface area (Å²) in [4.78, 5) is 29.4. The van der Waals surface area contributed by atoms with Gasteiger partial charge in [0.05, 0.1) is 29.7 Å². The molecule has 4 aliphatic rings. The van der Waals surface area contributed by atoms with Gasteiger partial charge >= 0.3 is 0 Å². The molecule has 1 aliphatic carbocycles. The number of nitrogens with one attached hydrogen (secondary N) is 2. The van der Waals surface area contributed by atoms with Crippen LogP contribution in [0.1, 0.15) is 36.1 Å². The number of piperidine rings is 1. The van der Waals surface area contributed by atoms with E-state index >= 15 is 0 Å². The van der Waals surface area contributed by atoms with Crippen LogP contribution in [0.5, 0.6) is 0 Å². The van der Waals surface area contributed by atoms with Crippen molar-refractivity contribution in [1.29, 1.82) is 0 Å². The molecule has 0 bridgehead atoms. The first-order valence-electron chi connectivity index (χ1n) is 14.3. The van der Waals surface area contributed by atoms with Gasteiger partial charge in [0.1, 0.15) is 0 Å². The molecule has 5 heterocycles. The van der Waals surface area contributed by atoms with E-state index in [1.807, 2.05) is 24.5 Å². The fourth-order valence-electron chi connectivity index (χ4n) is 5.73. The average Bonchev–Trinajstić information content (AvgIpc) is 3.40. The summed E-state index contributed by atoms with van der Waals surface area (Å²) in [6.45, 7) is 7.66. The normalized spacial score (nSPS) is 22.6. The van der Waals surface area contributed by atoms with E-state index < -0.39 is 0 Å². The minimum absolute atomic E-state index is 0.00971. The lowest BCUT2D eigenvalue weighted by atomic mass is 9.89. The van der Waals surface area contributed by atoms with Crippen LogP contribution in [-0.2, 0) is 17.9 Å². The summed E-state index contributed by atoms with van der Waals surface area (Å²) < 4.78 is 0. The number of nitrogens with zero attached hydrogens (tertiary/aromatic N) is 6. The van der Waals surface area contributed by atoms with Crippen molar-refractivity contribution >= 4 is 22.9 Å². The van der Waals surface area contributed by atoms with Crippen LogP contribution in [0.15, 0.2) is 59.6 Å². The lowest BCUT2D eigenvalue weighted by molar-refractivity contribution is -0.110. The third-order valence-electron chi connectivity index (χ3n) is 8.24. The number of hydrogen-bond donors (Lipinski definition) is 3. The molecule has 10 heteroatoms. The van der Waals surface area contributed by atoms with Gasteiger partial charge in [-0.05, 0) is 61.7 Å². The Morgan fingerprint density at radius 3 is 2.62 bits per heavy atom. The summed E-state index contributed by atoms with van der Waals surface area (Å²) >= 11 is 0. The Kier molecular flexibility index (Phi) is 8.01. The van der Waals surface area contributed by atoms with Crippen LogP contribution < -0.4 is 10.7 Å². The van der Waals surface area contributed by atoms with Gasteiger partial charge in [-0.3, -0.25) is 24.6 Å². The van der Waals surface area contributed by atoms with E-state index in [9.17, 15) is 9.90 Å². The van der Waals surface area contributed by atoms with E-state index in [2.05, 4.69) is 65.8 Å². The summed E-state index contributed by atoms with van der Waals surface area (Å²) in [5.74, 6) is -0.240. The van der Waals surface area contributed by atoms with Crippen molar-refractivity contribution in [1.82, 2.24) is 30.1 Å². The van der Waals surface area contributed by atoms with Crippen molar-refractivity contribution in [2.24, 2.45) is 5.10 Å². The summed E-state index contributed by atoms with van der Waals surface area (Å²) in [6, 6.07) is 6.07. The number of anilines is 1. The molecular formula is C30H38N8O2. The highest BCUT2D eigenvalue weighted by Crippen LogP contribution is 2.29. The number of likely N-dealkylation sites (tertiary alicyclic amines) is 1. The van der Waals surface area contributed by atoms with Crippen LogP contribution >= 0.6 is 0 Å². The van der Waals surface area contributed by atoms with Gasteiger partial charge in [-0.2, -0.15) is 5.10 Å². The van der Waals surface area contributed by atoms with Gasteiger partial charge in [0.15, 0.2) is 5.71 Å². The minimum atomic E-state index is -0.240. The number of pyridine rings is 2. The molecule has 210 valence electrons. The molecule has 3 N–H and O–H groups in total. The number of allylic oxidation sites excluding steroid dienone is 2. The molecule has 0 radical (unpaired) electrons. The van der Waals surface area contributed by atoms with E-state index in [1.54, 1.807) is 6.20 Å². The highest BCUT2D eigenvalue weighted by molar-refractivity contribution is 6.49. The first-order chi connectivity index (χ1) is 19.5. The molecule has 0 spiro atoms. The Bertz CT molecular complexity index is 1310. The molecule has 2 fully saturated rings. The van der Waals surface area contributed by atoms with Gasteiger partial charge in [0, 0.05) is 75.9 Å². The topological polar surface area (TPSA) is 109 Å². The van der Waals surface area contributed by atoms with E-state index in [0.717, 1.165) is 99.6 Å². The fraction of sp³-hybridized carbons (Fsp3) is 0.467. The molecule has 0 aromatic carbocycles. The SMILES string of the molecule is CN1CCN(Cc2ccc(NC(=O)C3=NNC4CC=C(c5cncc(CN6CCC(O)CC6)c5)C=C34)cn2)CC1. The number of carbonyl (C=O) groups excluding carboxylic acids is 1. The van der Waals surface area contributed by atoms with Crippen molar-refractivity contribution < 1.29 is 9.90 Å². The van der Waals surface area contributed by atoms with Gasteiger partial charge in [0.2, 0.25) is 0 Å². The standard InChI is InChI=1S/C30H38N8O2/c1-36-10-12-38(13-11-36)20-25-4-3-24(18-32-25)33-30(40)29-27-15-22(2-5-28(27)34-35-29)23-14-21(16-31-17-23)19-37-8-6-26(39)7-9-37/h2-4,14-18,26,28,34,39H,5-13,19-20H2,1H3,(H,33,40). The fourth-order valence-corrected chi connectivity index (χ4v) is 5.73. The highest BCUT2D eigenvalue weighted by atomic mass is 16.3. The zero-order valence-electron chi connectivity index (χ0n) is 23.1. The van der Waals surface area contributed by atoms with Crippen molar-refractivity contribution in [2.45, 2.75) is 44.5 Å². The zero-order chi connectivity index (χ0) is 27.5. The molecule has 1 unspecified atom stereocenters. The van der Waals surface area contributed by atoms with Crippen LogP contribution in [0, 0.1) is 0 Å². The number of carbonyl (C=O) groups is 1. The number of fused-ring (bicyclic) bond motifs is 1. The summed E-state index contributed by atoms with van der Waals surface area (Å²) in [5.41, 5.74) is 9.32. The van der Waals surface area contributed by atoms with Gasteiger partial charge < -0.3 is 20.7 Å². The number of aliphatic hydroxyl groups excluding tert-OH is 1. The van der Waals surface area contributed by atoms with Crippen molar-refractivity contribution in [3.63, 3.8) is 0 Å². The Balaban J connectivity index is 1.08. The van der Waals surface area contributed by atoms with Gasteiger partial charge in [-0.15, -0.1) is 0 Å². The lowest BCUT2D eigenvalue weighted by Gasteiger charge is -2.32. The van der Waals surface area contributed by atoms with E-state index in [1.165, 1.54) is 0 Å². The number of amides is 1. The number of aliphatic hydroxyl groups is 1.